The van der Waals surface area contributed by atoms with Crippen LogP contribution >= 0.6 is 0 Å². The number of hydrogen-bond acceptors (Lipinski definition) is 3. The molecule has 0 aliphatic rings. The Morgan fingerprint density at radius 2 is 1.54 bits per heavy atom. The van der Waals surface area contributed by atoms with Crippen molar-refractivity contribution in [1.29, 1.82) is 0 Å². The first-order valence-corrected chi connectivity index (χ1v) is 10.0. The standard InChI is InChI=1S/C19H23NO3Si/c1-4-24(17-11-7-5-8-12-17,18-13-9-6-10-14-18)23-19(16(2)3)15-20(21)22/h4-14,16,19H,1,15H2,2-3H3/t19-/m0/s1. The summed E-state index contributed by atoms with van der Waals surface area (Å²) in [6.45, 7) is 7.74. The molecule has 1 atom stereocenters. The molecule has 0 unspecified atom stereocenters. The van der Waals surface area contributed by atoms with Crippen LogP contribution in [0.4, 0.5) is 0 Å². The summed E-state index contributed by atoms with van der Waals surface area (Å²) in [6.07, 6.45) is -0.468. The molecule has 2 aromatic rings. The van der Waals surface area contributed by atoms with Crippen LogP contribution in [0.2, 0.25) is 0 Å². The smallest absolute Gasteiger partial charge is 0.281 e. The van der Waals surface area contributed by atoms with Gasteiger partial charge in [-0.25, -0.2) is 0 Å². The maximum absolute atomic E-state index is 11.1. The molecular formula is C19H23NO3Si. The minimum absolute atomic E-state index is 0.0367. The largest absolute Gasteiger partial charge is 0.395 e. The van der Waals surface area contributed by atoms with Gasteiger partial charge < -0.3 is 4.43 Å². The first-order valence-electron chi connectivity index (χ1n) is 8.04. The van der Waals surface area contributed by atoms with E-state index < -0.39 is 14.4 Å². The molecule has 0 bridgehead atoms. The summed E-state index contributed by atoms with van der Waals surface area (Å²) in [5.74, 6) is 0.0367. The summed E-state index contributed by atoms with van der Waals surface area (Å²) in [6, 6.07) is 19.8. The third kappa shape index (κ3) is 3.99. The van der Waals surface area contributed by atoms with Gasteiger partial charge in [0.15, 0.2) is 0 Å². The minimum Gasteiger partial charge on any atom is -0.395 e. The summed E-state index contributed by atoms with van der Waals surface area (Å²) in [5, 5.41) is 13.2. The molecule has 0 amide bonds. The van der Waals surface area contributed by atoms with Crippen LogP contribution in [0.5, 0.6) is 0 Å². The predicted octanol–water partition coefficient (Wildman–Crippen LogP) is 2.79. The van der Waals surface area contributed by atoms with E-state index >= 15 is 0 Å². The molecule has 0 N–H and O–H groups in total. The third-order valence-corrected chi connectivity index (χ3v) is 7.73. The fraction of sp³-hybridized carbons (Fsp3) is 0.263. The average molecular weight is 341 g/mol. The lowest BCUT2D eigenvalue weighted by Gasteiger charge is -2.33. The molecule has 5 heteroatoms. The van der Waals surface area contributed by atoms with E-state index in [1.807, 2.05) is 80.2 Å². The van der Waals surface area contributed by atoms with Crippen LogP contribution in [-0.4, -0.2) is 25.9 Å². The summed E-state index contributed by atoms with van der Waals surface area (Å²) < 4.78 is 6.51. The highest BCUT2D eigenvalue weighted by molar-refractivity contribution is 7.01. The molecule has 126 valence electrons. The van der Waals surface area contributed by atoms with Crippen LogP contribution in [0, 0.1) is 16.0 Å². The minimum atomic E-state index is -2.75. The third-order valence-electron chi connectivity index (χ3n) is 4.10. The van der Waals surface area contributed by atoms with Crippen molar-refractivity contribution in [3.63, 3.8) is 0 Å². The Bertz CT molecular complexity index is 634. The molecule has 4 nitrogen and oxygen atoms in total. The van der Waals surface area contributed by atoms with Crippen molar-refractivity contribution in [2.24, 2.45) is 5.92 Å². The van der Waals surface area contributed by atoms with E-state index in [4.69, 9.17) is 4.43 Å². The Balaban J connectivity index is 2.54. The second-order valence-corrected chi connectivity index (χ2v) is 9.36. The van der Waals surface area contributed by atoms with Gasteiger partial charge in [0.2, 0.25) is 6.54 Å². The molecule has 0 aliphatic carbocycles. The molecule has 0 aliphatic heterocycles. The molecule has 24 heavy (non-hydrogen) atoms. The first-order chi connectivity index (χ1) is 11.5. The van der Waals surface area contributed by atoms with Gasteiger partial charge >= 0.3 is 0 Å². The summed E-state index contributed by atoms with van der Waals surface area (Å²) in [4.78, 5) is 10.8. The summed E-state index contributed by atoms with van der Waals surface area (Å²) in [7, 11) is -2.75. The van der Waals surface area contributed by atoms with Gasteiger partial charge in [-0.3, -0.25) is 10.1 Å². The lowest BCUT2D eigenvalue weighted by molar-refractivity contribution is -0.490. The van der Waals surface area contributed by atoms with Crippen molar-refractivity contribution in [3.05, 3.63) is 83.1 Å². The highest BCUT2D eigenvalue weighted by Gasteiger charge is 2.40. The van der Waals surface area contributed by atoms with Crippen LogP contribution in [0.3, 0.4) is 0 Å². The first kappa shape index (κ1) is 18.1. The van der Waals surface area contributed by atoms with Crippen LogP contribution < -0.4 is 10.4 Å². The van der Waals surface area contributed by atoms with Crippen molar-refractivity contribution in [2.75, 3.05) is 6.54 Å². The van der Waals surface area contributed by atoms with Crippen LogP contribution in [-0.2, 0) is 4.43 Å². The van der Waals surface area contributed by atoms with E-state index in [0.717, 1.165) is 10.4 Å². The zero-order valence-electron chi connectivity index (χ0n) is 14.1. The van der Waals surface area contributed by atoms with E-state index in [-0.39, 0.29) is 17.4 Å². The van der Waals surface area contributed by atoms with E-state index in [9.17, 15) is 10.1 Å². The van der Waals surface area contributed by atoms with Crippen molar-refractivity contribution in [3.8, 4) is 0 Å². The number of hydrogen-bond donors (Lipinski definition) is 0. The molecule has 0 heterocycles. The topological polar surface area (TPSA) is 52.4 Å². The number of benzene rings is 2. The highest BCUT2D eigenvalue weighted by atomic mass is 28.4. The molecule has 0 saturated heterocycles. The van der Waals surface area contributed by atoms with E-state index in [0.29, 0.717) is 0 Å². The molecule has 0 fully saturated rings. The lowest BCUT2D eigenvalue weighted by Crippen LogP contribution is -2.62. The number of rotatable bonds is 8. The molecule has 2 aromatic carbocycles. The maximum Gasteiger partial charge on any atom is 0.281 e. The molecule has 0 radical (unpaired) electrons. The quantitative estimate of drug-likeness (QED) is 0.421. The van der Waals surface area contributed by atoms with Gasteiger partial charge in [-0.1, -0.05) is 80.2 Å². The maximum atomic E-state index is 11.1. The van der Waals surface area contributed by atoms with E-state index in [1.54, 1.807) is 0 Å². The van der Waals surface area contributed by atoms with Crippen molar-refractivity contribution in [2.45, 2.75) is 20.0 Å². The van der Waals surface area contributed by atoms with Crippen molar-refractivity contribution in [1.82, 2.24) is 0 Å². The highest BCUT2D eigenvalue weighted by Crippen LogP contribution is 2.17. The van der Waals surface area contributed by atoms with Gasteiger partial charge in [0.1, 0.15) is 6.10 Å². The van der Waals surface area contributed by atoms with Gasteiger partial charge in [-0.2, -0.15) is 0 Å². The number of nitrogens with zero attached hydrogens (tertiary/aromatic N) is 1. The van der Waals surface area contributed by atoms with Crippen LogP contribution in [0.25, 0.3) is 0 Å². The van der Waals surface area contributed by atoms with Gasteiger partial charge in [0, 0.05) is 4.92 Å². The van der Waals surface area contributed by atoms with Gasteiger partial charge in [-0.05, 0) is 16.3 Å². The second kappa shape index (κ2) is 8.03. The fourth-order valence-electron chi connectivity index (χ4n) is 2.73. The monoisotopic (exact) mass is 341 g/mol. The second-order valence-electron chi connectivity index (χ2n) is 6.09. The van der Waals surface area contributed by atoms with E-state index in [2.05, 4.69) is 6.58 Å². The molecule has 0 aromatic heterocycles. The molecule has 0 spiro atoms. The Kier molecular flexibility index (Phi) is 6.06. The van der Waals surface area contributed by atoms with Crippen LogP contribution in [0.1, 0.15) is 13.8 Å². The number of nitro groups is 1. The lowest BCUT2D eigenvalue weighted by atomic mass is 10.1. The van der Waals surface area contributed by atoms with Gasteiger partial charge in [0.25, 0.3) is 8.32 Å². The van der Waals surface area contributed by atoms with Gasteiger partial charge in [-0.15, -0.1) is 6.58 Å². The Hall–Kier alpha value is -2.24. The summed E-state index contributed by atoms with van der Waals surface area (Å²) in [5.41, 5.74) is 1.87. The molecule has 2 rings (SSSR count). The summed E-state index contributed by atoms with van der Waals surface area (Å²) >= 11 is 0. The fourth-order valence-corrected chi connectivity index (χ4v) is 6.10. The SMILES string of the molecule is C=C[Si](O[C@@H](C[N+](=O)[O-])C(C)C)(c1ccccc1)c1ccccc1. The Morgan fingerprint density at radius 1 is 1.08 bits per heavy atom. The zero-order chi connectivity index (χ0) is 17.6. The van der Waals surface area contributed by atoms with Crippen LogP contribution in [0.15, 0.2) is 72.9 Å². The normalized spacial score (nSPS) is 12.8. The van der Waals surface area contributed by atoms with Gasteiger partial charge in [0.05, 0.1) is 0 Å². The predicted molar refractivity (Wildman–Crippen MR) is 99.7 cm³/mol. The average Bonchev–Trinajstić information content (AvgIpc) is 2.60. The van der Waals surface area contributed by atoms with Crippen molar-refractivity contribution < 1.29 is 9.35 Å². The zero-order valence-corrected chi connectivity index (χ0v) is 15.1. The van der Waals surface area contributed by atoms with Crippen molar-refractivity contribution >= 4 is 18.7 Å². The van der Waals surface area contributed by atoms with E-state index in [1.165, 1.54) is 0 Å². The molecule has 0 saturated carbocycles. The Morgan fingerprint density at radius 3 is 1.88 bits per heavy atom. The Labute approximate surface area is 144 Å². The molecular weight excluding hydrogens is 318 g/mol.